The molecule has 0 nitrogen and oxygen atoms in total. The second-order valence-corrected chi connectivity index (χ2v) is 16.2. The molecule has 15 heteroatoms. The summed E-state index contributed by atoms with van der Waals surface area (Å²) in [6.45, 7) is 0. The van der Waals surface area contributed by atoms with Gasteiger partial charge in [0, 0.05) is 42.3 Å². The molecule has 0 aromatic heterocycles. The zero-order valence-electron chi connectivity index (χ0n) is 22.7. The fourth-order valence-electron chi connectivity index (χ4n) is 2.21. The van der Waals surface area contributed by atoms with Crippen molar-refractivity contribution in [2.24, 2.45) is 0 Å². The summed E-state index contributed by atoms with van der Waals surface area (Å²) in [4.78, 5) is 5.09. The van der Waals surface area contributed by atoms with E-state index in [1.807, 2.05) is 121 Å². The van der Waals surface area contributed by atoms with Gasteiger partial charge in [-0.05, 0) is 234 Å². The first-order chi connectivity index (χ1) is 18.9. The van der Waals surface area contributed by atoms with E-state index >= 15 is 0 Å². The van der Waals surface area contributed by atoms with Gasteiger partial charge >= 0.3 is 0 Å². The van der Waals surface area contributed by atoms with Crippen molar-refractivity contribution in [3.63, 3.8) is 0 Å². The second kappa shape index (κ2) is 33.6. The molecule has 5 aromatic rings. The van der Waals surface area contributed by atoms with Gasteiger partial charge in [0.15, 0.2) is 0 Å². The molecule has 0 saturated heterocycles. The fraction of sp³-hybridized carbons (Fsp3) is 0. The minimum absolute atomic E-state index is 0. The zero-order valence-corrected chi connectivity index (χ0v) is 38.0. The number of hydrogen-bond acceptors (Lipinski definition) is 5. The van der Waals surface area contributed by atoms with Crippen LogP contribution in [0.1, 0.15) is 0 Å². The van der Waals surface area contributed by atoms with Gasteiger partial charge in [0.05, 0.1) is 0 Å². The van der Waals surface area contributed by atoms with Crippen LogP contribution < -0.4 is 0 Å². The van der Waals surface area contributed by atoms with Crippen LogP contribution in [0.2, 0.25) is 0 Å². The lowest BCUT2D eigenvalue weighted by atomic mass is 10.4. The van der Waals surface area contributed by atoms with E-state index in [1.54, 1.807) is 0 Å². The summed E-state index contributed by atoms with van der Waals surface area (Å²) < 4.78 is 6.25. The number of rotatable bonds is 0. The Kier molecular flexibility index (Phi) is 41.5. The molecular formula is C30H30F5I5S5. The van der Waals surface area contributed by atoms with Crippen LogP contribution in [0.15, 0.2) is 146 Å². The molecule has 0 unspecified atom stereocenters. The molecule has 5 rings (SSSR count). The minimum Gasteiger partial charge on any atom is -0.269 e. The van der Waals surface area contributed by atoms with Crippen molar-refractivity contribution in [3.05, 3.63) is 139 Å². The summed E-state index contributed by atoms with van der Waals surface area (Å²) >= 11 is 32.0. The maximum absolute atomic E-state index is 4.13. The summed E-state index contributed by atoms with van der Waals surface area (Å²) in [5.74, 6) is 0. The lowest BCUT2D eigenvalue weighted by Crippen LogP contribution is -1.66. The first kappa shape index (κ1) is 55.6. The third kappa shape index (κ3) is 32.1. The lowest BCUT2D eigenvalue weighted by Gasteiger charge is -1.87. The van der Waals surface area contributed by atoms with Crippen molar-refractivity contribution < 1.29 is 23.5 Å². The molecule has 0 N–H and O–H groups in total. The van der Waals surface area contributed by atoms with Crippen LogP contribution in [0, 0.1) is 17.9 Å². The molecule has 0 aliphatic heterocycles. The van der Waals surface area contributed by atoms with Crippen molar-refractivity contribution >= 4 is 176 Å². The van der Waals surface area contributed by atoms with Gasteiger partial charge < -0.3 is 0 Å². The van der Waals surface area contributed by atoms with E-state index in [0.29, 0.717) is 0 Å². The Bertz CT molecular complexity index is 1010. The summed E-state index contributed by atoms with van der Waals surface area (Å²) in [5.41, 5.74) is 0. The Morgan fingerprint density at radius 2 is 0.311 bits per heavy atom. The Labute approximate surface area is 357 Å². The average molecular weight is 1280 g/mol. The van der Waals surface area contributed by atoms with Crippen molar-refractivity contribution in [1.29, 1.82) is 0 Å². The summed E-state index contributed by atoms with van der Waals surface area (Å²) in [5, 5.41) is 0. The van der Waals surface area contributed by atoms with Gasteiger partial charge in [-0.1, -0.05) is 0 Å². The molecule has 0 fully saturated rings. The van der Waals surface area contributed by atoms with E-state index in [0.717, 1.165) is 24.5 Å². The molecule has 0 heterocycles. The summed E-state index contributed by atoms with van der Waals surface area (Å²) in [6.07, 6.45) is 0. The van der Waals surface area contributed by atoms with Crippen LogP contribution in [-0.4, -0.2) is 0 Å². The van der Waals surface area contributed by atoms with Crippen LogP contribution in [0.25, 0.3) is 0 Å². The van der Waals surface area contributed by atoms with Gasteiger partial charge in [0.25, 0.3) is 0 Å². The molecule has 0 spiro atoms. The lowest BCUT2D eigenvalue weighted by molar-refractivity contribution is 1.11. The Morgan fingerprint density at radius 1 is 0.222 bits per heavy atom. The molecule has 250 valence electrons. The third-order valence-electron chi connectivity index (χ3n) is 4.13. The predicted octanol–water partition coefficient (Wildman–Crippen LogP) is 13.7. The topological polar surface area (TPSA) is 0 Å². The van der Waals surface area contributed by atoms with Crippen LogP contribution in [0.5, 0.6) is 0 Å². The predicted molar refractivity (Wildman–Crippen MR) is 245 cm³/mol. The molecule has 0 bridgehead atoms. The summed E-state index contributed by atoms with van der Waals surface area (Å²) in [6, 6.07) is 40.1. The van der Waals surface area contributed by atoms with Crippen LogP contribution in [0.4, 0.5) is 23.5 Å². The van der Waals surface area contributed by atoms with Crippen LogP contribution >= 0.6 is 176 Å². The second-order valence-electron chi connectivity index (χ2n) is 7.38. The molecule has 0 atom stereocenters. The third-order valence-corrected chi connectivity index (χ3v) is 9.22. The van der Waals surface area contributed by atoms with E-state index in [9.17, 15) is 0 Å². The van der Waals surface area contributed by atoms with E-state index in [-0.39, 0.29) is 23.5 Å². The molecule has 0 radical (unpaired) electrons. The van der Waals surface area contributed by atoms with Gasteiger partial charge in [-0.2, -0.15) is 0 Å². The SMILES string of the molecule is F.F.F.F.F.Sc1ccc(I)cc1.Sc1ccc(I)cc1.Sc1ccc(I)cc1.Sc1ccc(I)cc1.Sc1ccc(I)cc1. The maximum atomic E-state index is 4.13. The highest BCUT2D eigenvalue weighted by molar-refractivity contribution is 14.1. The van der Waals surface area contributed by atoms with Crippen LogP contribution in [-0.2, 0) is 0 Å². The molecule has 0 aliphatic rings. The number of hydrogen-bond donors (Lipinski definition) is 5. The highest BCUT2D eigenvalue weighted by atomic mass is 127. The van der Waals surface area contributed by atoms with Crippen molar-refractivity contribution in [2.75, 3.05) is 0 Å². The van der Waals surface area contributed by atoms with E-state index in [1.165, 1.54) is 17.9 Å². The molecule has 0 aliphatic carbocycles. The van der Waals surface area contributed by atoms with Gasteiger partial charge in [-0.25, -0.2) is 0 Å². The van der Waals surface area contributed by atoms with E-state index in [4.69, 9.17) is 0 Å². The molecule has 5 aromatic carbocycles. The maximum Gasteiger partial charge on any atom is 0.0131 e. The van der Waals surface area contributed by atoms with Crippen LogP contribution in [0.3, 0.4) is 0 Å². The van der Waals surface area contributed by atoms with Crippen molar-refractivity contribution in [3.8, 4) is 0 Å². The smallest absolute Gasteiger partial charge is 0.0131 e. The van der Waals surface area contributed by atoms with E-state index < -0.39 is 0 Å². The normalized spacial score (nSPS) is 8.22. The number of thiol groups is 5. The van der Waals surface area contributed by atoms with Gasteiger partial charge in [0.1, 0.15) is 0 Å². The van der Waals surface area contributed by atoms with E-state index in [2.05, 4.69) is 176 Å². The highest BCUT2D eigenvalue weighted by Crippen LogP contribution is 2.11. The fourth-order valence-corrected chi connectivity index (χ4v) is 4.75. The summed E-state index contributed by atoms with van der Waals surface area (Å²) in [7, 11) is 0. The average Bonchev–Trinajstić information content (AvgIpc) is 2.94. The van der Waals surface area contributed by atoms with Crippen molar-refractivity contribution in [2.45, 2.75) is 24.5 Å². The Morgan fingerprint density at radius 3 is 0.378 bits per heavy atom. The zero-order chi connectivity index (χ0) is 29.9. The number of halogens is 10. The Balaban J connectivity index is -0.000000144. The van der Waals surface area contributed by atoms with Crippen molar-refractivity contribution in [1.82, 2.24) is 0 Å². The molecule has 0 saturated carbocycles. The van der Waals surface area contributed by atoms with Gasteiger partial charge in [0.2, 0.25) is 0 Å². The highest BCUT2D eigenvalue weighted by Gasteiger charge is 1.85. The molecular weight excluding hydrogens is 1250 g/mol. The molecule has 45 heavy (non-hydrogen) atoms. The molecule has 0 amide bonds. The number of benzene rings is 5. The van der Waals surface area contributed by atoms with Gasteiger partial charge in [-0.15, -0.1) is 63.1 Å². The first-order valence-electron chi connectivity index (χ1n) is 11.2. The monoisotopic (exact) mass is 1280 g/mol. The quantitative estimate of drug-likeness (QED) is 0.0570. The van der Waals surface area contributed by atoms with Gasteiger partial charge in [-0.3, -0.25) is 23.5 Å². The first-order valence-corrected chi connectivity index (χ1v) is 18.8. The standard InChI is InChI=1S/5C6H5IS.5FH/c5*7-5-1-3-6(8)4-2-5;;;;;/h5*1-4,8H;5*1H. The minimum atomic E-state index is 0. The Hall–Kier alpha value is 1.15. The largest absolute Gasteiger partial charge is 0.269 e.